The molecule has 1 amide bonds. The van der Waals surface area contributed by atoms with Gasteiger partial charge in [-0.25, -0.2) is 9.67 Å². The third-order valence-corrected chi connectivity index (χ3v) is 5.06. The minimum Gasteiger partial charge on any atom is -0.304 e. The van der Waals surface area contributed by atoms with Crippen molar-refractivity contribution in [2.45, 2.75) is 27.3 Å². The zero-order valence-corrected chi connectivity index (χ0v) is 15.8. The van der Waals surface area contributed by atoms with Crippen LogP contribution in [0.2, 0.25) is 0 Å². The van der Waals surface area contributed by atoms with Crippen LogP contribution in [0.5, 0.6) is 0 Å². The van der Waals surface area contributed by atoms with Gasteiger partial charge in [0.2, 0.25) is 0 Å². The van der Waals surface area contributed by atoms with E-state index >= 15 is 0 Å². The van der Waals surface area contributed by atoms with Crippen molar-refractivity contribution in [3.05, 3.63) is 52.2 Å². The molecule has 5 nitrogen and oxygen atoms in total. The molecule has 0 spiro atoms. The van der Waals surface area contributed by atoms with Gasteiger partial charge in [0.15, 0.2) is 11.5 Å². The van der Waals surface area contributed by atoms with Crippen LogP contribution < -0.4 is 5.32 Å². The number of anilines is 1. The average molecular weight is 364 g/mol. The Kier molecular flexibility index (Phi) is 4.20. The summed E-state index contributed by atoms with van der Waals surface area (Å²) in [5, 5.41) is 11.4. The number of nitrogens with zero attached hydrogens (tertiary/aromatic N) is 3. The SMILES string of the molecule is Cc1ccc2cc3c(NC(=O)c4cccs4)nn(CC(C)C)c3nc2c1. The van der Waals surface area contributed by atoms with E-state index in [1.54, 1.807) is 0 Å². The predicted molar refractivity (Wildman–Crippen MR) is 107 cm³/mol. The Balaban J connectivity index is 1.85. The highest BCUT2D eigenvalue weighted by molar-refractivity contribution is 7.12. The second kappa shape index (κ2) is 6.53. The second-order valence-electron chi connectivity index (χ2n) is 6.91. The fourth-order valence-corrected chi connectivity index (χ4v) is 3.62. The van der Waals surface area contributed by atoms with E-state index in [1.807, 2.05) is 22.2 Å². The van der Waals surface area contributed by atoms with Crippen LogP contribution >= 0.6 is 11.3 Å². The Morgan fingerprint density at radius 2 is 2.12 bits per heavy atom. The average Bonchev–Trinajstić information content (AvgIpc) is 3.22. The van der Waals surface area contributed by atoms with E-state index in [0.717, 1.165) is 28.5 Å². The van der Waals surface area contributed by atoms with E-state index in [2.05, 4.69) is 55.5 Å². The highest BCUT2D eigenvalue weighted by atomic mass is 32.1. The molecule has 0 saturated carbocycles. The van der Waals surface area contributed by atoms with E-state index in [1.165, 1.54) is 16.9 Å². The zero-order chi connectivity index (χ0) is 18.3. The normalized spacial score (nSPS) is 11.5. The van der Waals surface area contributed by atoms with Crippen LogP contribution in [0, 0.1) is 12.8 Å². The smallest absolute Gasteiger partial charge is 0.266 e. The summed E-state index contributed by atoms with van der Waals surface area (Å²) in [7, 11) is 0. The first-order valence-corrected chi connectivity index (χ1v) is 9.52. The molecule has 0 fully saturated rings. The number of fused-ring (bicyclic) bond motifs is 2. The largest absolute Gasteiger partial charge is 0.304 e. The summed E-state index contributed by atoms with van der Waals surface area (Å²) in [5.74, 6) is 0.850. The quantitative estimate of drug-likeness (QED) is 0.562. The maximum absolute atomic E-state index is 12.5. The maximum Gasteiger partial charge on any atom is 0.266 e. The predicted octanol–water partition coefficient (Wildman–Crippen LogP) is 4.86. The van der Waals surface area contributed by atoms with Crippen LogP contribution in [0.3, 0.4) is 0 Å². The molecule has 0 aliphatic carbocycles. The molecule has 6 heteroatoms. The third kappa shape index (κ3) is 3.08. The van der Waals surface area contributed by atoms with E-state index in [0.29, 0.717) is 16.6 Å². The lowest BCUT2D eigenvalue weighted by Gasteiger charge is -2.06. The number of hydrogen-bond donors (Lipinski definition) is 1. The van der Waals surface area contributed by atoms with Gasteiger partial charge in [-0.2, -0.15) is 5.10 Å². The van der Waals surface area contributed by atoms with Gasteiger partial charge in [0.1, 0.15) is 0 Å². The Hall–Kier alpha value is -2.73. The van der Waals surface area contributed by atoms with Gasteiger partial charge in [-0.05, 0) is 42.0 Å². The fraction of sp³-hybridized carbons (Fsp3) is 0.250. The number of aromatic nitrogens is 3. The van der Waals surface area contributed by atoms with Crippen molar-refractivity contribution in [3.63, 3.8) is 0 Å². The van der Waals surface area contributed by atoms with Gasteiger partial charge in [-0.1, -0.05) is 32.0 Å². The van der Waals surface area contributed by atoms with Crippen LogP contribution in [0.15, 0.2) is 41.8 Å². The van der Waals surface area contributed by atoms with Crippen molar-refractivity contribution in [1.82, 2.24) is 14.8 Å². The highest BCUT2D eigenvalue weighted by Crippen LogP contribution is 2.27. The summed E-state index contributed by atoms with van der Waals surface area (Å²) in [6, 6.07) is 11.9. The molecular weight excluding hydrogens is 344 g/mol. The van der Waals surface area contributed by atoms with Gasteiger partial charge in [-0.3, -0.25) is 4.79 Å². The molecule has 0 aliphatic heterocycles. The van der Waals surface area contributed by atoms with E-state index in [-0.39, 0.29) is 5.91 Å². The monoisotopic (exact) mass is 364 g/mol. The molecule has 0 atom stereocenters. The van der Waals surface area contributed by atoms with Gasteiger partial charge >= 0.3 is 0 Å². The molecule has 0 unspecified atom stereocenters. The summed E-state index contributed by atoms with van der Waals surface area (Å²) < 4.78 is 1.89. The van der Waals surface area contributed by atoms with E-state index in [4.69, 9.17) is 4.98 Å². The van der Waals surface area contributed by atoms with Gasteiger partial charge in [-0.15, -0.1) is 11.3 Å². The van der Waals surface area contributed by atoms with Crippen molar-refractivity contribution >= 4 is 45.0 Å². The van der Waals surface area contributed by atoms with Crippen LogP contribution in [-0.2, 0) is 6.54 Å². The molecule has 3 aromatic heterocycles. The fourth-order valence-electron chi connectivity index (χ4n) is 3.00. The molecule has 4 aromatic rings. The third-order valence-electron chi connectivity index (χ3n) is 4.19. The van der Waals surface area contributed by atoms with Gasteiger partial charge in [0, 0.05) is 11.9 Å². The number of carbonyl (C=O) groups excluding carboxylic acids is 1. The summed E-state index contributed by atoms with van der Waals surface area (Å²) in [5.41, 5.74) is 2.92. The van der Waals surface area contributed by atoms with Crippen LogP contribution in [0.1, 0.15) is 29.1 Å². The number of rotatable bonds is 4. The molecule has 0 bridgehead atoms. The first kappa shape index (κ1) is 16.7. The number of amides is 1. The van der Waals surface area contributed by atoms with Crippen LogP contribution in [-0.4, -0.2) is 20.7 Å². The van der Waals surface area contributed by atoms with Gasteiger partial charge in [0.25, 0.3) is 5.91 Å². The summed E-state index contributed by atoms with van der Waals surface area (Å²) >= 11 is 1.42. The number of carbonyl (C=O) groups is 1. The summed E-state index contributed by atoms with van der Waals surface area (Å²) in [6.07, 6.45) is 0. The van der Waals surface area contributed by atoms with Gasteiger partial charge < -0.3 is 5.32 Å². The number of nitrogens with one attached hydrogen (secondary N) is 1. The minimum absolute atomic E-state index is 0.139. The Morgan fingerprint density at radius 3 is 2.85 bits per heavy atom. The standard InChI is InChI=1S/C20H20N4OS/c1-12(2)11-24-19-15(10-14-7-6-13(3)9-16(14)21-19)18(23-24)22-20(25)17-5-4-8-26-17/h4-10,12H,11H2,1-3H3,(H,22,23,25). The van der Waals surface area contributed by atoms with Crippen LogP contribution in [0.4, 0.5) is 5.82 Å². The zero-order valence-electron chi connectivity index (χ0n) is 15.0. The molecule has 132 valence electrons. The van der Waals surface area contributed by atoms with Crippen molar-refractivity contribution in [1.29, 1.82) is 0 Å². The second-order valence-corrected chi connectivity index (χ2v) is 7.86. The molecule has 3 heterocycles. The molecule has 26 heavy (non-hydrogen) atoms. The Bertz CT molecular complexity index is 1100. The number of aryl methyl sites for hydroxylation is 1. The molecule has 1 N–H and O–H groups in total. The van der Waals surface area contributed by atoms with E-state index < -0.39 is 0 Å². The number of benzene rings is 1. The number of thiophene rings is 1. The van der Waals surface area contributed by atoms with Crippen molar-refractivity contribution in [2.24, 2.45) is 5.92 Å². The molecule has 0 saturated heterocycles. The number of hydrogen-bond acceptors (Lipinski definition) is 4. The van der Waals surface area contributed by atoms with Crippen molar-refractivity contribution in [2.75, 3.05) is 5.32 Å². The first-order chi connectivity index (χ1) is 12.5. The molecule has 0 aliphatic rings. The lowest BCUT2D eigenvalue weighted by atomic mass is 10.1. The number of pyridine rings is 1. The summed E-state index contributed by atoms with van der Waals surface area (Å²) in [6.45, 7) is 7.09. The Morgan fingerprint density at radius 1 is 1.27 bits per heavy atom. The maximum atomic E-state index is 12.5. The van der Waals surface area contributed by atoms with E-state index in [9.17, 15) is 4.79 Å². The van der Waals surface area contributed by atoms with Crippen molar-refractivity contribution in [3.8, 4) is 0 Å². The van der Waals surface area contributed by atoms with Crippen molar-refractivity contribution < 1.29 is 4.79 Å². The van der Waals surface area contributed by atoms with Crippen LogP contribution in [0.25, 0.3) is 21.9 Å². The first-order valence-electron chi connectivity index (χ1n) is 8.64. The lowest BCUT2D eigenvalue weighted by molar-refractivity contribution is 0.103. The molecule has 1 aromatic carbocycles. The summed E-state index contributed by atoms with van der Waals surface area (Å²) in [4.78, 5) is 18.0. The van der Waals surface area contributed by atoms with Gasteiger partial charge in [0.05, 0.1) is 15.8 Å². The molecule has 0 radical (unpaired) electrons. The molecular formula is C20H20N4OS. The Labute approximate surface area is 155 Å². The highest BCUT2D eigenvalue weighted by Gasteiger charge is 2.17. The topological polar surface area (TPSA) is 59.8 Å². The lowest BCUT2D eigenvalue weighted by Crippen LogP contribution is -2.12. The minimum atomic E-state index is -0.139. The molecule has 4 rings (SSSR count).